The van der Waals surface area contributed by atoms with Crippen molar-refractivity contribution in [1.29, 1.82) is 0 Å². The van der Waals surface area contributed by atoms with Gasteiger partial charge in [0.1, 0.15) is 11.1 Å². The number of hydrogen-bond donors (Lipinski definition) is 2. The van der Waals surface area contributed by atoms with Gasteiger partial charge in [0.05, 0.1) is 28.5 Å². The Balaban J connectivity index is 1.42. The van der Waals surface area contributed by atoms with Crippen molar-refractivity contribution >= 4 is 17.5 Å². The highest BCUT2D eigenvalue weighted by molar-refractivity contribution is 6.09. The first kappa shape index (κ1) is 22.6. The monoisotopic (exact) mass is 493 g/mol. The molecule has 1 saturated carbocycles. The molecule has 8 rings (SSSR count). The number of anilines is 1. The van der Waals surface area contributed by atoms with Crippen LogP contribution in [0.15, 0.2) is 24.5 Å². The van der Waals surface area contributed by atoms with Crippen molar-refractivity contribution in [2.24, 2.45) is 11.3 Å². The van der Waals surface area contributed by atoms with Crippen LogP contribution >= 0.6 is 0 Å². The van der Waals surface area contributed by atoms with Crippen LogP contribution in [-0.4, -0.2) is 69.1 Å². The maximum absolute atomic E-state index is 14.2. The number of nitrogens with zero attached hydrogens (tertiary/aromatic N) is 2. The fraction of sp³-hybridized carbons (Fsp3) is 0.643. The zero-order valence-electron chi connectivity index (χ0n) is 21.9. The number of aliphatic hydroxyl groups is 1. The standard InChI is InChI=1S/C28H35N3O5/c1-23(2)10-12-35-20-17(36-23)8-7-16-19(20)29-21(32)27(16)14-26-15-31-11-9-25(5,34)28(31,22(33)30(26)6)13-18(26)24(27,3)4/h7-8,10,12,18,34H,9,11,13-15H2,1-6H3,(H,29,32)/t18-,25+,26?,27+,28-/m0/s1. The molecule has 1 aliphatic carbocycles. The Kier molecular flexibility index (Phi) is 3.83. The molecular weight excluding hydrogens is 458 g/mol. The number of hydrogen-bond acceptors (Lipinski definition) is 6. The van der Waals surface area contributed by atoms with Crippen molar-refractivity contribution in [3.8, 4) is 11.5 Å². The van der Waals surface area contributed by atoms with E-state index in [2.05, 4.69) is 24.1 Å². The Bertz CT molecular complexity index is 1280. The minimum atomic E-state index is -1.10. The van der Waals surface area contributed by atoms with E-state index in [-0.39, 0.29) is 17.7 Å². The molecule has 3 spiro atoms. The zero-order valence-corrected chi connectivity index (χ0v) is 21.9. The Hall–Kier alpha value is -2.58. The molecule has 0 aromatic heterocycles. The maximum atomic E-state index is 14.2. The number of amides is 2. The van der Waals surface area contributed by atoms with E-state index in [4.69, 9.17) is 9.47 Å². The van der Waals surface area contributed by atoms with Crippen LogP contribution in [-0.2, 0) is 15.0 Å². The summed E-state index contributed by atoms with van der Waals surface area (Å²) in [6, 6.07) is 3.92. The van der Waals surface area contributed by atoms with Crippen molar-refractivity contribution < 1.29 is 24.2 Å². The second kappa shape index (κ2) is 6.10. The van der Waals surface area contributed by atoms with Crippen LogP contribution in [0.1, 0.15) is 59.4 Å². The molecule has 0 radical (unpaired) electrons. The van der Waals surface area contributed by atoms with Crippen LogP contribution < -0.4 is 14.8 Å². The lowest BCUT2D eigenvalue weighted by atomic mass is 9.55. The van der Waals surface area contributed by atoms with Gasteiger partial charge in [-0.05, 0) is 69.1 Å². The highest BCUT2D eigenvalue weighted by atomic mass is 16.5. The molecule has 192 valence electrons. The molecule has 1 unspecified atom stereocenters. The fourth-order valence-electron chi connectivity index (χ4n) is 9.04. The van der Waals surface area contributed by atoms with Crippen LogP contribution in [0, 0.1) is 11.3 Å². The second-order valence-corrected chi connectivity index (χ2v) is 13.2. The van der Waals surface area contributed by atoms with Gasteiger partial charge < -0.3 is 24.8 Å². The van der Waals surface area contributed by atoms with Gasteiger partial charge in [0.25, 0.3) is 0 Å². The van der Waals surface area contributed by atoms with Crippen LogP contribution in [0.5, 0.6) is 11.5 Å². The third-order valence-electron chi connectivity index (χ3n) is 11.0. The summed E-state index contributed by atoms with van der Waals surface area (Å²) in [6.45, 7) is 11.5. The molecule has 2 N–H and O–H groups in total. The highest BCUT2D eigenvalue weighted by Crippen LogP contribution is 2.73. The normalized spacial score (nSPS) is 42.9. The number of piperazine rings is 1. The minimum Gasteiger partial charge on any atom is -0.480 e. The van der Waals surface area contributed by atoms with Crippen LogP contribution in [0.25, 0.3) is 0 Å². The number of carbonyl (C=O) groups excluding carboxylic acids is 2. The fourth-order valence-corrected chi connectivity index (χ4v) is 9.04. The quantitative estimate of drug-likeness (QED) is 0.578. The summed E-state index contributed by atoms with van der Waals surface area (Å²) in [6.07, 6.45) is 5.16. The van der Waals surface area contributed by atoms with E-state index in [1.165, 1.54) is 0 Å². The van der Waals surface area contributed by atoms with E-state index in [9.17, 15) is 14.7 Å². The summed E-state index contributed by atoms with van der Waals surface area (Å²) >= 11 is 0. The average Bonchev–Trinajstić information content (AvgIpc) is 3.25. The number of carbonyl (C=O) groups is 2. The number of ether oxygens (including phenoxy) is 2. The molecule has 6 aliphatic heterocycles. The lowest BCUT2D eigenvalue weighted by Gasteiger charge is -2.65. The SMILES string of the molecule is CN1C(=O)[C@]23C[C@@H]4C1(CN2CC[C@@]3(C)O)C[C@@]1(C(=O)Nc2c1ccc1c2OC=CC(C)(C)O1)C4(C)C. The lowest BCUT2D eigenvalue weighted by Crippen LogP contribution is -2.82. The summed E-state index contributed by atoms with van der Waals surface area (Å²) in [5, 5.41) is 14.7. The van der Waals surface area contributed by atoms with Crippen molar-refractivity contribution in [2.45, 2.75) is 81.6 Å². The Morgan fingerprint density at radius 2 is 1.89 bits per heavy atom. The predicted octanol–water partition coefficient (Wildman–Crippen LogP) is 2.80. The van der Waals surface area contributed by atoms with Gasteiger partial charge in [0.2, 0.25) is 11.8 Å². The van der Waals surface area contributed by atoms with Gasteiger partial charge in [-0.25, -0.2) is 0 Å². The first-order valence-corrected chi connectivity index (χ1v) is 13.0. The highest BCUT2D eigenvalue weighted by Gasteiger charge is 2.82. The summed E-state index contributed by atoms with van der Waals surface area (Å²) in [7, 11) is 1.88. The number of fused-ring (bicyclic) bond motifs is 5. The van der Waals surface area contributed by atoms with E-state index in [1.807, 2.05) is 50.9 Å². The van der Waals surface area contributed by atoms with Gasteiger partial charge in [-0.15, -0.1) is 0 Å². The van der Waals surface area contributed by atoms with Crippen LogP contribution in [0.3, 0.4) is 0 Å². The van der Waals surface area contributed by atoms with Crippen LogP contribution in [0.2, 0.25) is 0 Å². The van der Waals surface area contributed by atoms with Gasteiger partial charge in [-0.3, -0.25) is 14.5 Å². The maximum Gasteiger partial charge on any atom is 0.246 e. The zero-order chi connectivity index (χ0) is 25.7. The van der Waals surface area contributed by atoms with E-state index >= 15 is 0 Å². The van der Waals surface area contributed by atoms with E-state index in [1.54, 1.807) is 6.26 Å². The van der Waals surface area contributed by atoms with Gasteiger partial charge >= 0.3 is 0 Å². The average molecular weight is 494 g/mol. The first-order valence-electron chi connectivity index (χ1n) is 13.0. The number of likely N-dealkylation sites (N-methyl/N-ethyl adjacent to an activating group) is 1. The van der Waals surface area contributed by atoms with Crippen molar-refractivity contribution in [1.82, 2.24) is 9.80 Å². The van der Waals surface area contributed by atoms with E-state index < -0.39 is 33.1 Å². The predicted molar refractivity (Wildman–Crippen MR) is 133 cm³/mol. The molecular formula is C28H35N3O5. The molecule has 5 atom stereocenters. The van der Waals surface area contributed by atoms with E-state index in [0.29, 0.717) is 49.5 Å². The Morgan fingerprint density at radius 3 is 2.64 bits per heavy atom. The van der Waals surface area contributed by atoms with Crippen molar-refractivity contribution in [3.05, 3.63) is 30.0 Å². The second-order valence-electron chi connectivity index (χ2n) is 13.2. The molecule has 8 heteroatoms. The molecule has 1 aromatic carbocycles. The molecule has 1 aromatic rings. The summed E-state index contributed by atoms with van der Waals surface area (Å²) < 4.78 is 12.2. The van der Waals surface area contributed by atoms with Gasteiger partial charge in [0.15, 0.2) is 11.5 Å². The van der Waals surface area contributed by atoms with Gasteiger partial charge in [-0.2, -0.15) is 0 Å². The largest absolute Gasteiger partial charge is 0.480 e. The van der Waals surface area contributed by atoms with E-state index in [0.717, 1.165) is 5.56 Å². The Morgan fingerprint density at radius 1 is 1.14 bits per heavy atom. The lowest BCUT2D eigenvalue weighted by molar-refractivity contribution is -0.206. The number of rotatable bonds is 0. The molecule has 7 aliphatic rings. The minimum absolute atomic E-state index is 0.00925. The molecule has 2 amide bonds. The molecule has 2 bridgehead atoms. The summed E-state index contributed by atoms with van der Waals surface area (Å²) in [4.78, 5) is 32.2. The summed E-state index contributed by atoms with van der Waals surface area (Å²) in [5.41, 5.74) is -2.82. The molecule has 6 heterocycles. The van der Waals surface area contributed by atoms with Gasteiger partial charge in [0, 0.05) is 20.1 Å². The third kappa shape index (κ3) is 2.15. The van der Waals surface area contributed by atoms with Crippen molar-refractivity contribution in [2.75, 3.05) is 25.5 Å². The molecule has 4 saturated heterocycles. The molecule has 8 nitrogen and oxygen atoms in total. The summed E-state index contributed by atoms with van der Waals surface area (Å²) in [5.74, 6) is 1.10. The Labute approximate surface area is 211 Å². The third-order valence-corrected chi connectivity index (χ3v) is 11.0. The smallest absolute Gasteiger partial charge is 0.246 e. The van der Waals surface area contributed by atoms with Crippen molar-refractivity contribution in [3.63, 3.8) is 0 Å². The van der Waals surface area contributed by atoms with Gasteiger partial charge in [-0.1, -0.05) is 19.9 Å². The molecule has 36 heavy (non-hydrogen) atoms. The first-order chi connectivity index (χ1) is 16.7. The topological polar surface area (TPSA) is 91.3 Å². The number of benzene rings is 1. The molecule has 5 fully saturated rings. The number of piperidine rings is 2. The number of nitrogens with one attached hydrogen (secondary N) is 1. The van der Waals surface area contributed by atoms with Crippen LogP contribution in [0.4, 0.5) is 5.69 Å².